The van der Waals surface area contributed by atoms with Crippen molar-refractivity contribution in [2.24, 2.45) is 17.8 Å². The van der Waals surface area contributed by atoms with Crippen LogP contribution in [0.5, 0.6) is 0 Å². The summed E-state index contributed by atoms with van der Waals surface area (Å²) < 4.78 is 5.77. The highest BCUT2D eigenvalue weighted by atomic mass is 32.1. The average molecular weight is 323 g/mol. The van der Waals surface area contributed by atoms with Gasteiger partial charge in [0.15, 0.2) is 0 Å². The molecule has 2 heterocycles. The summed E-state index contributed by atoms with van der Waals surface area (Å²) in [7, 11) is 0. The van der Waals surface area contributed by atoms with Crippen LogP contribution >= 0.6 is 11.3 Å². The van der Waals surface area contributed by atoms with Crippen LogP contribution in [0.3, 0.4) is 0 Å². The molecular weight excluding hydrogens is 298 g/mol. The first-order valence-corrected chi connectivity index (χ1v) is 9.08. The van der Waals surface area contributed by atoms with Crippen LogP contribution in [0, 0.1) is 17.8 Å². The van der Waals surface area contributed by atoms with E-state index in [-0.39, 0.29) is 18.2 Å². The van der Waals surface area contributed by atoms with Gasteiger partial charge < -0.3 is 15.4 Å². The van der Waals surface area contributed by atoms with Crippen molar-refractivity contribution in [3.05, 3.63) is 16.6 Å². The largest absolute Gasteiger partial charge is 0.378 e. The fraction of sp³-hybridized carbons (Fsp3) is 0.750. The van der Waals surface area contributed by atoms with Crippen LogP contribution in [-0.2, 0) is 4.74 Å². The van der Waals surface area contributed by atoms with Crippen LogP contribution in [0.25, 0.3) is 0 Å². The molecule has 1 saturated heterocycles. The SMILES string of the molecule is CC(C)[C@@H]1OCC[C@H]1CNC(=O)N[C@H](c1nccs1)C1CC1. The molecule has 5 nitrogen and oxygen atoms in total. The van der Waals surface area contributed by atoms with Crippen molar-refractivity contribution >= 4 is 17.4 Å². The number of carbonyl (C=O) groups excluding carboxylic acids is 1. The van der Waals surface area contributed by atoms with Crippen molar-refractivity contribution in [3.8, 4) is 0 Å². The summed E-state index contributed by atoms with van der Waals surface area (Å²) in [5.41, 5.74) is 0. The number of aromatic nitrogens is 1. The molecular formula is C16H25N3O2S. The summed E-state index contributed by atoms with van der Waals surface area (Å²) in [6.45, 7) is 5.84. The Balaban J connectivity index is 1.49. The highest BCUT2D eigenvalue weighted by Crippen LogP contribution is 2.41. The van der Waals surface area contributed by atoms with Crippen molar-refractivity contribution in [1.82, 2.24) is 15.6 Å². The molecule has 22 heavy (non-hydrogen) atoms. The van der Waals surface area contributed by atoms with Gasteiger partial charge in [-0.05, 0) is 31.1 Å². The Kier molecular flexibility index (Phi) is 4.98. The normalized spacial score (nSPS) is 26.1. The second-order valence-electron chi connectivity index (χ2n) is 6.67. The third-order valence-corrected chi connectivity index (χ3v) is 5.40. The number of ether oxygens (including phenoxy) is 1. The van der Waals surface area contributed by atoms with Gasteiger partial charge in [0.05, 0.1) is 12.1 Å². The molecule has 6 heteroatoms. The maximum Gasteiger partial charge on any atom is 0.315 e. The summed E-state index contributed by atoms with van der Waals surface area (Å²) in [5.74, 6) is 1.46. The Hall–Kier alpha value is -1.14. The predicted octanol–water partition coefficient (Wildman–Crippen LogP) is 2.95. The van der Waals surface area contributed by atoms with Gasteiger partial charge in [-0.3, -0.25) is 0 Å². The maximum atomic E-state index is 12.2. The first kappa shape index (κ1) is 15.7. The first-order valence-electron chi connectivity index (χ1n) is 8.20. The maximum absolute atomic E-state index is 12.2. The number of nitrogens with one attached hydrogen (secondary N) is 2. The van der Waals surface area contributed by atoms with Gasteiger partial charge in [-0.1, -0.05) is 13.8 Å². The van der Waals surface area contributed by atoms with E-state index in [2.05, 4.69) is 29.5 Å². The summed E-state index contributed by atoms with van der Waals surface area (Å²) >= 11 is 1.62. The minimum atomic E-state index is -0.0819. The van der Waals surface area contributed by atoms with Crippen LogP contribution in [0.15, 0.2) is 11.6 Å². The van der Waals surface area contributed by atoms with E-state index in [0.717, 1.165) is 18.0 Å². The molecule has 1 aliphatic carbocycles. The smallest absolute Gasteiger partial charge is 0.315 e. The van der Waals surface area contributed by atoms with E-state index in [1.165, 1.54) is 12.8 Å². The molecule has 0 bridgehead atoms. The van der Waals surface area contributed by atoms with E-state index < -0.39 is 0 Å². The molecule has 1 aliphatic heterocycles. The van der Waals surface area contributed by atoms with Crippen LogP contribution in [0.1, 0.15) is 44.2 Å². The average Bonchev–Trinajstić information content (AvgIpc) is 3.01. The summed E-state index contributed by atoms with van der Waals surface area (Å²) in [6.07, 6.45) is 5.45. The first-order chi connectivity index (χ1) is 10.6. The molecule has 2 aliphatic rings. The third-order valence-electron chi connectivity index (χ3n) is 4.54. The van der Waals surface area contributed by atoms with Crippen LogP contribution in [0.2, 0.25) is 0 Å². The van der Waals surface area contributed by atoms with Crippen LogP contribution in [-0.4, -0.2) is 30.3 Å². The molecule has 3 atom stereocenters. The van der Waals surface area contributed by atoms with Gasteiger partial charge in [0.2, 0.25) is 0 Å². The lowest BCUT2D eigenvalue weighted by Gasteiger charge is -2.23. The molecule has 122 valence electrons. The van der Waals surface area contributed by atoms with Gasteiger partial charge in [0.25, 0.3) is 0 Å². The Morgan fingerprint density at radius 2 is 2.27 bits per heavy atom. The molecule has 1 aromatic heterocycles. The molecule has 1 aromatic rings. The molecule has 2 fully saturated rings. The van der Waals surface area contributed by atoms with Crippen molar-refractivity contribution in [2.45, 2.75) is 45.3 Å². The number of urea groups is 1. The zero-order valence-corrected chi connectivity index (χ0v) is 14.1. The fourth-order valence-corrected chi connectivity index (χ4v) is 4.01. The summed E-state index contributed by atoms with van der Waals surface area (Å²) in [6, 6.07) is -0.0118. The minimum absolute atomic E-state index is 0.0701. The Morgan fingerprint density at radius 3 is 2.91 bits per heavy atom. The lowest BCUT2D eigenvalue weighted by atomic mass is 9.93. The lowest BCUT2D eigenvalue weighted by Crippen LogP contribution is -2.42. The predicted molar refractivity (Wildman–Crippen MR) is 86.8 cm³/mol. The fourth-order valence-electron chi connectivity index (χ4n) is 3.23. The van der Waals surface area contributed by atoms with Crippen molar-refractivity contribution in [2.75, 3.05) is 13.2 Å². The third kappa shape index (κ3) is 3.79. The van der Waals surface area contributed by atoms with Crippen molar-refractivity contribution < 1.29 is 9.53 Å². The standard InChI is InChI=1S/C16H25N3O2S/c1-10(2)14-12(5-7-21-14)9-18-16(20)19-13(11-3-4-11)15-17-6-8-22-15/h6,8,10-14H,3-5,7,9H2,1-2H3,(H2,18,19,20)/t12-,13-,14-/m0/s1. The lowest BCUT2D eigenvalue weighted by molar-refractivity contribution is 0.0545. The number of hydrogen-bond acceptors (Lipinski definition) is 4. The number of hydrogen-bond donors (Lipinski definition) is 2. The van der Waals surface area contributed by atoms with Crippen LogP contribution < -0.4 is 10.6 Å². The van der Waals surface area contributed by atoms with Crippen molar-refractivity contribution in [1.29, 1.82) is 0 Å². The summed E-state index contributed by atoms with van der Waals surface area (Å²) in [5, 5.41) is 9.12. The molecule has 0 unspecified atom stereocenters. The number of nitrogens with zero attached hydrogens (tertiary/aromatic N) is 1. The Labute approximate surface area is 135 Å². The molecule has 0 aromatic carbocycles. The van der Waals surface area contributed by atoms with Gasteiger partial charge in [-0.2, -0.15) is 0 Å². The van der Waals surface area contributed by atoms with E-state index >= 15 is 0 Å². The highest BCUT2D eigenvalue weighted by Gasteiger charge is 2.35. The van der Waals surface area contributed by atoms with Gasteiger partial charge in [-0.15, -0.1) is 11.3 Å². The molecule has 1 saturated carbocycles. The molecule has 0 radical (unpaired) electrons. The number of carbonyl (C=O) groups is 1. The number of thiazole rings is 1. The van der Waals surface area contributed by atoms with E-state index in [9.17, 15) is 4.79 Å². The monoisotopic (exact) mass is 323 g/mol. The van der Waals surface area contributed by atoms with Gasteiger partial charge in [0, 0.05) is 30.6 Å². The Bertz CT molecular complexity index is 488. The quantitative estimate of drug-likeness (QED) is 0.846. The topological polar surface area (TPSA) is 63.2 Å². The van der Waals surface area contributed by atoms with E-state index in [1.54, 1.807) is 17.5 Å². The van der Waals surface area contributed by atoms with Gasteiger partial charge in [-0.25, -0.2) is 9.78 Å². The van der Waals surface area contributed by atoms with E-state index in [0.29, 0.717) is 24.3 Å². The number of amides is 2. The minimum Gasteiger partial charge on any atom is -0.378 e. The molecule has 2 amide bonds. The zero-order valence-electron chi connectivity index (χ0n) is 13.2. The van der Waals surface area contributed by atoms with E-state index in [4.69, 9.17) is 4.74 Å². The Morgan fingerprint density at radius 1 is 1.45 bits per heavy atom. The van der Waals surface area contributed by atoms with Gasteiger partial charge >= 0.3 is 6.03 Å². The zero-order chi connectivity index (χ0) is 15.5. The van der Waals surface area contributed by atoms with Crippen molar-refractivity contribution in [3.63, 3.8) is 0 Å². The van der Waals surface area contributed by atoms with E-state index in [1.807, 2.05) is 5.38 Å². The second-order valence-corrected chi connectivity index (χ2v) is 7.59. The number of rotatable bonds is 6. The molecule has 3 rings (SSSR count). The second kappa shape index (κ2) is 6.96. The van der Waals surface area contributed by atoms with Crippen LogP contribution in [0.4, 0.5) is 4.79 Å². The molecule has 2 N–H and O–H groups in total. The summed E-state index contributed by atoms with van der Waals surface area (Å²) in [4.78, 5) is 16.6. The highest BCUT2D eigenvalue weighted by molar-refractivity contribution is 7.09. The molecule has 0 spiro atoms. The van der Waals surface area contributed by atoms with Gasteiger partial charge in [0.1, 0.15) is 5.01 Å².